The van der Waals surface area contributed by atoms with Crippen molar-refractivity contribution in [3.8, 4) is 0 Å². The zero-order chi connectivity index (χ0) is 33.3. The smallest absolute Gasteiger partial charge is 0.408 e. The van der Waals surface area contributed by atoms with Gasteiger partial charge >= 0.3 is 6.09 Å². The predicted molar refractivity (Wildman–Crippen MR) is 179 cm³/mol. The molecule has 252 valence electrons. The highest BCUT2D eigenvalue weighted by Crippen LogP contribution is 2.54. The molecule has 2 aromatic carbocycles. The van der Waals surface area contributed by atoms with Gasteiger partial charge in [-0.3, -0.25) is 18.9 Å². The number of alkyl carbamates (subject to hydrolysis) is 1. The van der Waals surface area contributed by atoms with Crippen molar-refractivity contribution in [2.45, 2.75) is 68.3 Å². The number of amides is 3. The van der Waals surface area contributed by atoms with Gasteiger partial charge in [0.05, 0.1) is 6.04 Å². The van der Waals surface area contributed by atoms with Crippen LogP contribution in [0.15, 0.2) is 72.3 Å². The molecule has 4 aliphatic rings. The lowest BCUT2D eigenvalue weighted by molar-refractivity contribution is -0.128. The summed E-state index contributed by atoms with van der Waals surface area (Å²) in [5, 5.41) is 16.1. The summed E-state index contributed by atoms with van der Waals surface area (Å²) < 4.78 is 18.8. The molecule has 4 fully saturated rings. The van der Waals surface area contributed by atoms with E-state index in [0.717, 1.165) is 59.5 Å². The first-order valence-corrected chi connectivity index (χ1v) is 18.0. The maximum absolute atomic E-state index is 14.2. The fourth-order valence-electron chi connectivity index (χ4n) is 8.34. The lowest BCUT2D eigenvalue weighted by Crippen LogP contribution is -2.60. The molecule has 13 heteroatoms. The molecular weight excluding hydrogens is 630 g/mol. The van der Waals surface area contributed by atoms with Gasteiger partial charge in [-0.1, -0.05) is 48.5 Å². The number of para-hydroxylation sites is 1. The molecule has 0 radical (unpaired) electrons. The molecule has 5 N–H and O–H groups in total. The molecule has 12 nitrogen and oxygen atoms in total. The Morgan fingerprint density at radius 3 is 2.42 bits per heavy atom. The third-order valence-electron chi connectivity index (χ3n) is 10.4. The van der Waals surface area contributed by atoms with Gasteiger partial charge in [0.2, 0.25) is 17.0 Å². The second-order valence-corrected chi connectivity index (χ2v) is 15.2. The van der Waals surface area contributed by atoms with Crippen molar-refractivity contribution in [2.24, 2.45) is 23.7 Å². The molecule has 8 rings (SSSR count). The number of benzene rings is 2. The highest BCUT2D eigenvalue weighted by Gasteiger charge is 2.50. The summed E-state index contributed by atoms with van der Waals surface area (Å²) in [6, 6.07) is 16.4. The van der Waals surface area contributed by atoms with Crippen LogP contribution in [0.1, 0.15) is 56.2 Å². The van der Waals surface area contributed by atoms with E-state index in [1.807, 2.05) is 60.8 Å². The molecule has 2 heterocycles. The number of hydrogen-bond donors (Lipinski definition) is 5. The topological polar surface area (TPSA) is 171 Å². The minimum absolute atomic E-state index is 0.0271. The van der Waals surface area contributed by atoms with Crippen LogP contribution < -0.4 is 16.0 Å². The van der Waals surface area contributed by atoms with E-state index in [-0.39, 0.29) is 30.0 Å². The number of nitrogens with zero attached hydrogens (tertiary/aromatic N) is 2. The van der Waals surface area contributed by atoms with Crippen molar-refractivity contribution >= 4 is 39.6 Å². The molecule has 4 saturated carbocycles. The van der Waals surface area contributed by atoms with Crippen molar-refractivity contribution in [1.29, 1.82) is 0 Å². The van der Waals surface area contributed by atoms with E-state index >= 15 is 0 Å². The van der Waals surface area contributed by atoms with Crippen LogP contribution in [0, 0.1) is 23.7 Å². The van der Waals surface area contributed by atoms with E-state index in [2.05, 4.69) is 36.1 Å². The number of aromatic nitrogens is 4. The number of rotatable bonds is 12. The maximum Gasteiger partial charge on any atom is 0.408 e. The zero-order valence-electron chi connectivity index (χ0n) is 26.8. The van der Waals surface area contributed by atoms with Crippen molar-refractivity contribution in [1.82, 2.24) is 36.1 Å². The van der Waals surface area contributed by atoms with Gasteiger partial charge in [-0.15, -0.1) is 0 Å². The molecule has 4 bridgehead atoms. The van der Waals surface area contributed by atoms with Crippen LogP contribution in [0.2, 0.25) is 0 Å². The van der Waals surface area contributed by atoms with E-state index < -0.39 is 40.3 Å². The SMILES string of the molecule is C[C@](Cc1c[nH]c2ccccc12)(NC(=O)OC1C2CC3CC(C2)CC1C3)C(=O)NC[C@H](NC(=O)CS(=O)c1ncn[nH]1)c1ccccc1. The quantitative estimate of drug-likeness (QED) is 0.152. The van der Waals surface area contributed by atoms with Crippen LogP contribution in [-0.4, -0.2) is 66.2 Å². The molecule has 3 atom stereocenters. The summed E-state index contributed by atoms with van der Waals surface area (Å²) >= 11 is 0. The van der Waals surface area contributed by atoms with Crippen LogP contribution in [0.5, 0.6) is 0 Å². The number of aromatic amines is 2. The number of fused-ring (bicyclic) bond motifs is 1. The van der Waals surface area contributed by atoms with Crippen LogP contribution >= 0.6 is 0 Å². The Hall–Kier alpha value is -4.52. The maximum atomic E-state index is 14.2. The Morgan fingerprint density at radius 1 is 1.00 bits per heavy atom. The highest BCUT2D eigenvalue weighted by atomic mass is 32.2. The second-order valence-electron chi connectivity index (χ2n) is 13.8. The number of carbonyl (C=O) groups is 3. The molecule has 2 aromatic heterocycles. The van der Waals surface area contributed by atoms with Crippen LogP contribution in [0.4, 0.5) is 4.79 Å². The average molecular weight is 672 g/mol. The van der Waals surface area contributed by atoms with Crippen LogP contribution in [-0.2, 0) is 31.5 Å². The molecule has 0 aliphatic heterocycles. The summed E-state index contributed by atoms with van der Waals surface area (Å²) in [6.07, 6.45) is 8.32. The van der Waals surface area contributed by atoms with Gasteiger partial charge in [-0.25, -0.2) is 9.78 Å². The fraction of sp³-hybridized carbons (Fsp3) is 0.457. The van der Waals surface area contributed by atoms with Gasteiger partial charge in [0.25, 0.3) is 0 Å². The number of carbonyl (C=O) groups excluding carboxylic acids is 3. The van der Waals surface area contributed by atoms with Gasteiger partial charge in [0.1, 0.15) is 34.5 Å². The predicted octanol–water partition coefficient (Wildman–Crippen LogP) is 3.92. The first kappa shape index (κ1) is 32.0. The third-order valence-corrected chi connectivity index (χ3v) is 11.5. The molecule has 3 amide bonds. The van der Waals surface area contributed by atoms with E-state index in [0.29, 0.717) is 11.8 Å². The fourth-order valence-corrected chi connectivity index (χ4v) is 9.12. The Morgan fingerprint density at radius 2 is 1.71 bits per heavy atom. The Labute approximate surface area is 281 Å². The Balaban J connectivity index is 1.08. The van der Waals surface area contributed by atoms with Crippen LogP contribution in [0.25, 0.3) is 10.9 Å². The lowest BCUT2D eigenvalue weighted by Gasteiger charge is -2.53. The lowest BCUT2D eigenvalue weighted by atomic mass is 9.55. The Bertz CT molecular complexity index is 1770. The van der Waals surface area contributed by atoms with E-state index in [9.17, 15) is 18.6 Å². The first-order chi connectivity index (χ1) is 23.2. The zero-order valence-corrected chi connectivity index (χ0v) is 27.6. The second kappa shape index (κ2) is 13.5. The summed E-state index contributed by atoms with van der Waals surface area (Å²) in [7, 11) is -1.72. The monoisotopic (exact) mass is 671 g/mol. The minimum atomic E-state index is -1.72. The molecular formula is C35H41N7O5S. The summed E-state index contributed by atoms with van der Waals surface area (Å²) in [6.45, 7) is 1.73. The molecule has 0 spiro atoms. The highest BCUT2D eigenvalue weighted by molar-refractivity contribution is 7.85. The van der Waals surface area contributed by atoms with Gasteiger partial charge in [0.15, 0.2) is 0 Å². The average Bonchev–Trinajstić information content (AvgIpc) is 3.76. The number of H-pyrrole nitrogens is 2. The molecule has 48 heavy (non-hydrogen) atoms. The molecule has 4 aliphatic carbocycles. The van der Waals surface area contributed by atoms with Crippen molar-refractivity contribution in [3.63, 3.8) is 0 Å². The van der Waals surface area contributed by atoms with Crippen LogP contribution in [0.3, 0.4) is 0 Å². The van der Waals surface area contributed by atoms with E-state index in [1.54, 1.807) is 6.92 Å². The summed E-state index contributed by atoms with van der Waals surface area (Å²) in [5.41, 5.74) is 1.18. The number of nitrogens with one attached hydrogen (secondary N) is 5. The van der Waals surface area contributed by atoms with Gasteiger partial charge in [0, 0.05) is 30.1 Å². The summed E-state index contributed by atoms with van der Waals surface area (Å²) in [4.78, 5) is 47.9. The molecule has 4 aromatic rings. The van der Waals surface area contributed by atoms with Gasteiger partial charge < -0.3 is 25.7 Å². The normalized spacial score (nSPS) is 25.1. The Kier molecular flexibility index (Phi) is 9.04. The molecule has 0 saturated heterocycles. The largest absolute Gasteiger partial charge is 0.446 e. The van der Waals surface area contributed by atoms with Gasteiger partial charge in [-0.05, 0) is 79.9 Å². The van der Waals surface area contributed by atoms with E-state index in [1.165, 1.54) is 12.7 Å². The van der Waals surface area contributed by atoms with Crippen molar-refractivity contribution in [3.05, 3.63) is 78.2 Å². The number of hydrogen-bond acceptors (Lipinski definition) is 7. The summed E-state index contributed by atoms with van der Waals surface area (Å²) in [5.74, 6) is 1.02. The number of ether oxygens (including phenoxy) is 1. The molecule has 1 unspecified atom stereocenters. The minimum Gasteiger partial charge on any atom is -0.446 e. The standard InChI is InChI=1S/C35H41N7O5S/c1-35(16-26-17-36-28-10-6-5-9-27(26)28,41-34(45)47-31-24-12-21-11-22(14-24)15-25(31)13-21)32(44)37-18-29(23-7-3-2-4-8-23)40-30(43)19-48(46)33-38-20-39-42-33/h2-10,17,20-22,24-25,29,31,36H,11-16,18-19H2,1H3,(H,37,44)(H,40,43)(H,41,45)(H,38,39,42)/t21?,22?,24?,25?,29-,31?,35+,48?/m0/s1. The third kappa shape index (κ3) is 6.87. The van der Waals surface area contributed by atoms with Crippen molar-refractivity contribution in [2.75, 3.05) is 12.3 Å². The van der Waals surface area contributed by atoms with Gasteiger partial charge in [-0.2, -0.15) is 5.10 Å². The first-order valence-electron chi connectivity index (χ1n) is 16.6. The van der Waals surface area contributed by atoms with E-state index in [4.69, 9.17) is 4.74 Å². The van der Waals surface area contributed by atoms with Crippen molar-refractivity contribution < 1.29 is 23.3 Å².